The van der Waals surface area contributed by atoms with Gasteiger partial charge in [0.15, 0.2) is 0 Å². The molecule has 1 fully saturated rings. The molecule has 0 aliphatic heterocycles. The minimum absolute atomic E-state index is 0.0711. The average Bonchev–Trinajstić information content (AvgIpc) is 2.81. The van der Waals surface area contributed by atoms with Gasteiger partial charge in [0.25, 0.3) is 0 Å². The van der Waals surface area contributed by atoms with Crippen molar-refractivity contribution in [3.8, 4) is 0 Å². The average molecular weight is 215 g/mol. The summed E-state index contributed by atoms with van der Waals surface area (Å²) in [4.78, 5) is 11.6. The molecular formula is C10H21NO2Si. The van der Waals surface area contributed by atoms with Gasteiger partial charge in [-0.25, -0.2) is 0 Å². The second-order valence-corrected chi connectivity index (χ2v) is 11.1. The molecule has 0 atom stereocenters. The lowest BCUT2D eigenvalue weighted by molar-refractivity contribution is -0.149. The molecule has 1 saturated carbocycles. The summed E-state index contributed by atoms with van der Waals surface area (Å²) >= 11 is 0. The van der Waals surface area contributed by atoms with Crippen molar-refractivity contribution < 1.29 is 9.53 Å². The first-order chi connectivity index (χ1) is 6.40. The number of carbonyl (C=O) groups is 1. The number of ether oxygens (including phenoxy) is 1. The molecule has 0 aromatic carbocycles. The van der Waals surface area contributed by atoms with Gasteiger partial charge < -0.3 is 10.5 Å². The lowest BCUT2D eigenvalue weighted by atomic mass is 10.1. The fourth-order valence-corrected chi connectivity index (χ4v) is 1.96. The van der Waals surface area contributed by atoms with E-state index in [0.717, 1.165) is 18.9 Å². The summed E-state index contributed by atoms with van der Waals surface area (Å²) in [6.45, 7) is 7.85. The van der Waals surface area contributed by atoms with Crippen molar-refractivity contribution in [3.05, 3.63) is 0 Å². The Bertz CT molecular complexity index is 219. The first-order valence-corrected chi connectivity index (χ1v) is 8.98. The number of rotatable bonds is 5. The second kappa shape index (κ2) is 4.02. The van der Waals surface area contributed by atoms with Gasteiger partial charge in [0, 0.05) is 14.6 Å². The zero-order valence-electron chi connectivity index (χ0n) is 9.43. The van der Waals surface area contributed by atoms with E-state index in [1.165, 1.54) is 0 Å². The minimum Gasteiger partial charge on any atom is -0.466 e. The standard InChI is InChI=1S/C10H21NO2Si/c1-14(2,3)7-6-13-9(12)10(8-11)4-5-10/h4-8,11H2,1-3H3. The number of esters is 1. The van der Waals surface area contributed by atoms with Crippen LogP contribution in [0.2, 0.25) is 25.7 Å². The number of carbonyl (C=O) groups excluding carboxylic acids is 1. The zero-order valence-corrected chi connectivity index (χ0v) is 10.4. The molecule has 82 valence electrons. The Morgan fingerprint density at radius 3 is 2.36 bits per heavy atom. The van der Waals surface area contributed by atoms with Crippen LogP contribution >= 0.6 is 0 Å². The van der Waals surface area contributed by atoms with Crippen LogP contribution in [0.15, 0.2) is 0 Å². The fourth-order valence-electron chi connectivity index (χ4n) is 1.25. The van der Waals surface area contributed by atoms with Crippen molar-refractivity contribution >= 4 is 14.0 Å². The second-order valence-electron chi connectivity index (χ2n) is 5.43. The van der Waals surface area contributed by atoms with E-state index in [1.807, 2.05) is 0 Å². The van der Waals surface area contributed by atoms with Crippen molar-refractivity contribution in [1.29, 1.82) is 0 Å². The predicted molar refractivity (Wildman–Crippen MR) is 59.8 cm³/mol. The summed E-state index contributed by atoms with van der Waals surface area (Å²) in [6.07, 6.45) is 1.82. The Morgan fingerprint density at radius 1 is 1.43 bits per heavy atom. The van der Waals surface area contributed by atoms with Crippen molar-refractivity contribution in [3.63, 3.8) is 0 Å². The van der Waals surface area contributed by atoms with E-state index in [4.69, 9.17) is 10.5 Å². The van der Waals surface area contributed by atoms with Crippen LogP contribution in [0.1, 0.15) is 12.8 Å². The van der Waals surface area contributed by atoms with E-state index in [1.54, 1.807) is 0 Å². The van der Waals surface area contributed by atoms with Crippen LogP contribution in [0.3, 0.4) is 0 Å². The van der Waals surface area contributed by atoms with Crippen LogP contribution in [0.25, 0.3) is 0 Å². The highest BCUT2D eigenvalue weighted by Crippen LogP contribution is 2.45. The molecule has 0 amide bonds. The van der Waals surface area contributed by atoms with E-state index < -0.39 is 8.07 Å². The number of hydrogen-bond acceptors (Lipinski definition) is 3. The molecule has 0 aromatic heterocycles. The molecule has 14 heavy (non-hydrogen) atoms. The van der Waals surface area contributed by atoms with Gasteiger partial charge in [-0.05, 0) is 18.9 Å². The van der Waals surface area contributed by atoms with Gasteiger partial charge >= 0.3 is 5.97 Å². The molecule has 1 aliphatic rings. The van der Waals surface area contributed by atoms with Crippen molar-refractivity contribution in [2.24, 2.45) is 11.1 Å². The lowest BCUT2D eigenvalue weighted by Gasteiger charge is -2.17. The van der Waals surface area contributed by atoms with E-state index in [2.05, 4.69) is 19.6 Å². The van der Waals surface area contributed by atoms with Crippen molar-refractivity contribution in [1.82, 2.24) is 0 Å². The molecule has 2 N–H and O–H groups in total. The topological polar surface area (TPSA) is 52.3 Å². The summed E-state index contributed by atoms with van der Waals surface area (Å²) in [5, 5.41) is 0. The molecular weight excluding hydrogens is 194 g/mol. The summed E-state index contributed by atoms with van der Waals surface area (Å²) < 4.78 is 5.25. The maximum Gasteiger partial charge on any atom is 0.313 e. The molecule has 1 aliphatic carbocycles. The lowest BCUT2D eigenvalue weighted by Crippen LogP contribution is -2.29. The van der Waals surface area contributed by atoms with E-state index in [9.17, 15) is 4.79 Å². The summed E-state index contributed by atoms with van der Waals surface area (Å²) in [5.41, 5.74) is 5.24. The third-order valence-corrected chi connectivity index (χ3v) is 4.47. The Labute approximate surface area is 87.0 Å². The summed E-state index contributed by atoms with van der Waals surface area (Å²) in [7, 11) is -1.08. The highest BCUT2D eigenvalue weighted by Gasteiger charge is 2.50. The van der Waals surface area contributed by atoms with Gasteiger partial charge in [0.1, 0.15) is 0 Å². The van der Waals surface area contributed by atoms with Crippen LogP contribution in [0.5, 0.6) is 0 Å². The quantitative estimate of drug-likeness (QED) is 0.560. The van der Waals surface area contributed by atoms with Crippen LogP contribution < -0.4 is 5.73 Å². The molecule has 1 rings (SSSR count). The first kappa shape index (κ1) is 11.7. The van der Waals surface area contributed by atoms with E-state index in [0.29, 0.717) is 13.2 Å². The predicted octanol–water partition coefficient (Wildman–Crippen LogP) is 1.61. The minimum atomic E-state index is -1.08. The third-order valence-electron chi connectivity index (χ3n) is 2.76. The fraction of sp³-hybridized carbons (Fsp3) is 0.900. The molecule has 3 nitrogen and oxygen atoms in total. The van der Waals surface area contributed by atoms with Crippen molar-refractivity contribution in [2.75, 3.05) is 13.2 Å². The van der Waals surface area contributed by atoms with Crippen LogP contribution in [0.4, 0.5) is 0 Å². The molecule has 0 saturated heterocycles. The largest absolute Gasteiger partial charge is 0.466 e. The molecule has 0 radical (unpaired) electrons. The van der Waals surface area contributed by atoms with E-state index in [-0.39, 0.29) is 11.4 Å². The molecule has 0 aromatic rings. The van der Waals surface area contributed by atoms with Gasteiger partial charge in [0.05, 0.1) is 12.0 Å². The molecule has 4 heteroatoms. The normalized spacial score (nSPS) is 19.1. The van der Waals surface area contributed by atoms with Gasteiger partial charge in [-0.2, -0.15) is 0 Å². The summed E-state index contributed by atoms with van der Waals surface area (Å²) in [5.74, 6) is -0.0711. The van der Waals surface area contributed by atoms with Crippen LogP contribution in [-0.2, 0) is 9.53 Å². The van der Waals surface area contributed by atoms with Gasteiger partial charge in [-0.15, -0.1) is 0 Å². The smallest absolute Gasteiger partial charge is 0.313 e. The Kier molecular flexibility index (Phi) is 3.37. The van der Waals surface area contributed by atoms with Crippen LogP contribution in [-0.4, -0.2) is 27.2 Å². The Morgan fingerprint density at radius 2 is 2.00 bits per heavy atom. The maximum absolute atomic E-state index is 11.6. The van der Waals surface area contributed by atoms with E-state index >= 15 is 0 Å². The molecule has 0 unspecified atom stereocenters. The SMILES string of the molecule is C[Si](C)(C)CCOC(=O)C1(CN)CC1. The number of hydrogen-bond donors (Lipinski definition) is 1. The molecule has 0 heterocycles. The zero-order chi connectivity index (χ0) is 10.8. The molecule has 0 spiro atoms. The summed E-state index contributed by atoms with van der Waals surface area (Å²) in [6, 6.07) is 1.04. The highest BCUT2D eigenvalue weighted by molar-refractivity contribution is 6.76. The van der Waals surface area contributed by atoms with Crippen molar-refractivity contribution in [2.45, 2.75) is 38.5 Å². The molecule has 0 bridgehead atoms. The van der Waals surface area contributed by atoms with Gasteiger partial charge in [-0.3, -0.25) is 4.79 Å². The third kappa shape index (κ3) is 3.10. The Hall–Kier alpha value is -0.353. The first-order valence-electron chi connectivity index (χ1n) is 5.27. The van der Waals surface area contributed by atoms with Gasteiger partial charge in [0.2, 0.25) is 0 Å². The Balaban J connectivity index is 2.23. The van der Waals surface area contributed by atoms with Crippen LogP contribution in [0, 0.1) is 5.41 Å². The monoisotopic (exact) mass is 215 g/mol. The number of nitrogens with two attached hydrogens (primary N) is 1. The maximum atomic E-state index is 11.6. The van der Waals surface area contributed by atoms with Gasteiger partial charge in [-0.1, -0.05) is 19.6 Å². The highest BCUT2D eigenvalue weighted by atomic mass is 28.3.